The molecule has 2 N–H and O–H groups in total. The summed E-state index contributed by atoms with van der Waals surface area (Å²) in [6.07, 6.45) is 0.0828. The molecule has 0 aliphatic rings. The van der Waals surface area contributed by atoms with Crippen LogP contribution >= 0.6 is 23.4 Å². The second-order valence-corrected chi connectivity index (χ2v) is 7.91. The van der Waals surface area contributed by atoms with E-state index in [9.17, 15) is 9.59 Å². The van der Waals surface area contributed by atoms with Crippen molar-refractivity contribution in [3.8, 4) is 0 Å². The Kier molecular flexibility index (Phi) is 7.48. The van der Waals surface area contributed by atoms with Crippen LogP contribution in [0.2, 0.25) is 5.02 Å². The number of anilines is 2. The molecule has 30 heavy (non-hydrogen) atoms. The van der Waals surface area contributed by atoms with Gasteiger partial charge in [0.25, 0.3) is 0 Å². The number of rotatable bonds is 8. The molecule has 0 spiro atoms. The number of amides is 2. The predicted octanol–water partition coefficient (Wildman–Crippen LogP) is 4.17. The first-order chi connectivity index (χ1) is 14.5. The Morgan fingerprint density at radius 1 is 1.03 bits per heavy atom. The number of halogens is 1. The first-order valence-corrected chi connectivity index (χ1v) is 10.8. The van der Waals surface area contributed by atoms with Crippen LogP contribution in [-0.4, -0.2) is 32.3 Å². The van der Waals surface area contributed by atoms with Gasteiger partial charge < -0.3 is 15.2 Å². The molecule has 0 aliphatic carbocycles. The fourth-order valence-electron chi connectivity index (χ4n) is 2.79. The Bertz CT molecular complexity index is 1040. The Labute approximate surface area is 184 Å². The summed E-state index contributed by atoms with van der Waals surface area (Å²) in [7, 11) is 0. The van der Waals surface area contributed by atoms with Crippen molar-refractivity contribution >= 4 is 46.6 Å². The molecule has 2 aromatic carbocycles. The van der Waals surface area contributed by atoms with Crippen LogP contribution in [0.3, 0.4) is 0 Å². The van der Waals surface area contributed by atoms with Crippen molar-refractivity contribution < 1.29 is 9.59 Å². The first kappa shape index (κ1) is 21.9. The molecule has 156 valence electrons. The molecule has 3 rings (SSSR count). The van der Waals surface area contributed by atoms with Crippen molar-refractivity contribution in [3.63, 3.8) is 0 Å². The summed E-state index contributed by atoms with van der Waals surface area (Å²) >= 11 is 7.15. The summed E-state index contributed by atoms with van der Waals surface area (Å²) in [5.74, 6) is 0.421. The molecule has 0 saturated heterocycles. The van der Waals surface area contributed by atoms with E-state index in [1.165, 1.54) is 11.8 Å². The quantitative estimate of drug-likeness (QED) is 0.510. The largest absolute Gasteiger partial charge is 0.326 e. The Hall–Kier alpha value is -2.84. The number of aromatic nitrogens is 3. The van der Waals surface area contributed by atoms with Gasteiger partial charge in [0.15, 0.2) is 5.16 Å². The fraction of sp³-hybridized carbons (Fsp3) is 0.238. The van der Waals surface area contributed by atoms with Gasteiger partial charge in [0.1, 0.15) is 5.82 Å². The van der Waals surface area contributed by atoms with Gasteiger partial charge in [0.05, 0.1) is 12.2 Å². The molecule has 1 aromatic heterocycles. The fourth-order valence-corrected chi connectivity index (χ4v) is 3.73. The molecular formula is C21H22ClN5O2S. The lowest BCUT2D eigenvalue weighted by atomic mass is 10.2. The zero-order chi connectivity index (χ0) is 21.5. The van der Waals surface area contributed by atoms with Gasteiger partial charge in [-0.3, -0.25) is 9.59 Å². The molecule has 0 bridgehead atoms. The molecule has 0 atom stereocenters. The smallest absolute Gasteiger partial charge is 0.234 e. The topological polar surface area (TPSA) is 88.9 Å². The number of benzene rings is 2. The minimum absolute atomic E-state index is 0.0828. The SMILES string of the molecule is CCn1c(CC(=O)Nc2ccc(Cl)cc2)nnc1SCC(=O)Nc1ccccc1C. The van der Waals surface area contributed by atoms with Gasteiger partial charge in [-0.15, -0.1) is 10.2 Å². The number of para-hydroxylation sites is 1. The van der Waals surface area contributed by atoms with Gasteiger partial charge in [0, 0.05) is 22.9 Å². The number of hydrogen-bond acceptors (Lipinski definition) is 5. The van der Waals surface area contributed by atoms with Gasteiger partial charge in [-0.1, -0.05) is 41.6 Å². The lowest BCUT2D eigenvalue weighted by Gasteiger charge is -2.09. The van der Waals surface area contributed by atoms with E-state index >= 15 is 0 Å². The van der Waals surface area contributed by atoms with E-state index in [-0.39, 0.29) is 24.0 Å². The zero-order valence-corrected chi connectivity index (χ0v) is 18.3. The lowest BCUT2D eigenvalue weighted by molar-refractivity contribution is -0.116. The van der Waals surface area contributed by atoms with Crippen LogP contribution in [0.25, 0.3) is 0 Å². The number of aryl methyl sites for hydroxylation is 1. The Morgan fingerprint density at radius 3 is 2.47 bits per heavy atom. The number of carbonyl (C=O) groups excluding carboxylic acids is 2. The van der Waals surface area contributed by atoms with E-state index in [1.807, 2.05) is 42.7 Å². The molecule has 1 heterocycles. The van der Waals surface area contributed by atoms with Crippen molar-refractivity contribution in [2.24, 2.45) is 0 Å². The van der Waals surface area contributed by atoms with Gasteiger partial charge in [-0.05, 0) is 49.7 Å². The molecule has 2 amide bonds. The van der Waals surface area contributed by atoms with Crippen LogP contribution in [0.15, 0.2) is 53.7 Å². The molecule has 0 fully saturated rings. The molecule has 3 aromatic rings. The maximum atomic E-state index is 12.3. The minimum atomic E-state index is -0.201. The van der Waals surface area contributed by atoms with Gasteiger partial charge in [0.2, 0.25) is 11.8 Å². The highest BCUT2D eigenvalue weighted by Gasteiger charge is 2.16. The minimum Gasteiger partial charge on any atom is -0.326 e. The van der Waals surface area contributed by atoms with Gasteiger partial charge in [-0.2, -0.15) is 0 Å². The molecular weight excluding hydrogens is 422 g/mol. The van der Waals surface area contributed by atoms with Crippen molar-refractivity contribution in [2.45, 2.75) is 32.0 Å². The third-order valence-electron chi connectivity index (χ3n) is 4.31. The Balaban J connectivity index is 1.58. The summed E-state index contributed by atoms with van der Waals surface area (Å²) in [5, 5.41) is 15.2. The maximum absolute atomic E-state index is 12.3. The van der Waals surface area contributed by atoms with E-state index in [0.29, 0.717) is 28.2 Å². The van der Waals surface area contributed by atoms with E-state index in [1.54, 1.807) is 24.3 Å². The molecule has 0 unspecified atom stereocenters. The van der Waals surface area contributed by atoms with Crippen molar-refractivity contribution in [3.05, 3.63) is 64.9 Å². The molecule has 0 aliphatic heterocycles. The average molecular weight is 444 g/mol. The first-order valence-electron chi connectivity index (χ1n) is 9.42. The van der Waals surface area contributed by atoms with Crippen LogP contribution in [-0.2, 0) is 22.6 Å². The standard InChI is InChI=1S/C21H22ClN5O2S/c1-3-27-18(12-19(28)23-16-10-8-15(22)9-11-16)25-26-21(27)30-13-20(29)24-17-7-5-4-6-14(17)2/h4-11H,3,12-13H2,1-2H3,(H,23,28)(H,24,29). The average Bonchev–Trinajstić information content (AvgIpc) is 3.11. The van der Waals surface area contributed by atoms with Crippen LogP contribution in [0.1, 0.15) is 18.3 Å². The highest BCUT2D eigenvalue weighted by atomic mass is 35.5. The number of thioether (sulfide) groups is 1. The van der Waals surface area contributed by atoms with Gasteiger partial charge in [-0.25, -0.2) is 0 Å². The third kappa shape index (κ3) is 5.84. The highest BCUT2D eigenvalue weighted by molar-refractivity contribution is 7.99. The van der Waals surface area contributed by atoms with Crippen LogP contribution in [0.4, 0.5) is 11.4 Å². The predicted molar refractivity (Wildman–Crippen MR) is 120 cm³/mol. The monoisotopic (exact) mass is 443 g/mol. The molecule has 7 nitrogen and oxygen atoms in total. The molecule has 9 heteroatoms. The van der Waals surface area contributed by atoms with E-state index in [4.69, 9.17) is 11.6 Å². The second-order valence-electron chi connectivity index (χ2n) is 6.53. The zero-order valence-electron chi connectivity index (χ0n) is 16.7. The van der Waals surface area contributed by atoms with E-state index in [2.05, 4.69) is 20.8 Å². The third-order valence-corrected chi connectivity index (χ3v) is 5.53. The summed E-state index contributed by atoms with van der Waals surface area (Å²) < 4.78 is 1.84. The summed E-state index contributed by atoms with van der Waals surface area (Å²) in [4.78, 5) is 24.6. The number of nitrogens with zero attached hydrogens (tertiary/aromatic N) is 3. The second kappa shape index (κ2) is 10.3. The van der Waals surface area contributed by atoms with Crippen molar-refractivity contribution in [1.29, 1.82) is 0 Å². The normalized spacial score (nSPS) is 10.6. The summed E-state index contributed by atoms with van der Waals surface area (Å²) in [6.45, 7) is 4.48. The van der Waals surface area contributed by atoms with Crippen LogP contribution in [0, 0.1) is 6.92 Å². The number of hydrogen-bond donors (Lipinski definition) is 2. The Morgan fingerprint density at radius 2 is 1.77 bits per heavy atom. The highest BCUT2D eigenvalue weighted by Crippen LogP contribution is 2.20. The number of nitrogens with one attached hydrogen (secondary N) is 2. The molecule has 0 saturated carbocycles. The van der Waals surface area contributed by atoms with E-state index in [0.717, 1.165) is 11.3 Å². The van der Waals surface area contributed by atoms with Crippen molar-refractivity contribution in [2.75, 3.05) is 16.4 Å². The maximum Gasteiger partial charge on any atom is 0.234 e. The summed E-state index contributed by atoms with van der Waals surface area (Å²) in [6, 6.07) is 14.5. The summed E-state index contributed by atoms with van der Waals surface area (Å²) in [5.41, 5.74) is 2.45. The van der Waals surface area contributed by atoms with E-state index < -0.39 is 0 Å². The molecule has 0 radical (unpaired) electrons. The lowest BCUT2D eigenvalue weighted by Crippen LogP contribution is -2.18. The van der Waals surface area contributed by atoms with Crippen molar-refractivity contribution in [1.82, 2.24) is 14.8 Å². The number of carbonyl (C=O) groups is 2. The van der Waals surface area contributed by atoms with Crippen LogP contribution in [0.5, 0.6) is 0 Å². The van der Waals surface area contributed by atoms with Gasteiger partial charge >= 0.3 is 0 Å². The van der Waals surface area contributed by atoms with Crippen LogP contribution < -0.4 is 10.6 Å².